The maximum Gasteiger partial charge on any atom is 0.101 e. The molecule has 1 unspecified atom stereocenters. The maximum atomic E-state index is 11.2. The molecule has 0 aromatic rings. The molecule has 0 bridgehead atoms. The Labute approximate surface area is 109 Å². The molecule has 1 saturated heterocycles. The molecule has 100 valence electrons. The molecule has 1 spiro atoms. The number of allylic oxidation sites excluding steroid dienone is 1. The van der Waals surface area contributed by atoms with Crippen molar-refractivity contribution < 1.29 is 9.84 Å². The Morgan fingerprint density at radius 1 is 1.28 bits per heavy atom. The van der Waals surface area contributed by atoms with Gasteiger partial charge in [-0.05, 0) is 62.7 Å². The van der Waals surface area contributed by atoms with E-state index >= 15 is 0 Å². The molecule has 0 amide bonds. The number of hydrogen-bond donors (Lipinski definition) is 1. The van der Waals surface area contributed by atoms with Crippen molar-refractivity contribution in [2.45, 2.75) is 62.8 Å². The van der Waals surface area contributed by atoms with E-state index in [1.165, 1.54) is 12.8 Å². The lowest BCUT2D eigenvalue weighted by atomic mass is 9.70. The fourth-order valence-corrected chi connectivity index (χ4v) is 5.60. The second-order valence-electron chi connectivity index (χ2n) is 7.34. The zero-order chi connectivity index (χ0) is 12.5. The molecule has 1 aliphatic heterocycles. The van der Waals surface area contributed by atoms with Gasteiger partial charge in [0.25, 0.3) is 0 Å². The lowest BCUT2D eigenvalue weighted by molar-refractivity contribution is -0.153. The summed E-state index contributed by atoms with van der Waals surface area (Å²) in [5.74, 6) is 2.96. The zero-order valence-corrected chi connectivity index (χ0v) is 11.3. The fourth-order valence-electron chi connectivity index (χ4n) is 5.60. The van der Waals surface area contributed by atoms with Gasteiger partial charge in [-0.1, -0.05) is 6.08 Å². The van der Waals surface area contributed by atoms with Gasteiger partial charge in [-0.25, -0.2) is 0 Å². The summed E-state index contributed by atoms with van der Waals surface area (Å²) in [4.78, 5) is 0. The number of rotatable bonds is 2. The second-order valence-corrected chi connectivity index (χ2v) is 7.34. The molecule has 3 aliphatic carbocycles. The van der Waals surface area contributed by atoms with Crippen molar-refractivity contribution in [1.29, 1.82) is 0 Å². The van der Waals surface area contributed by atoms with E-state index in [0.29, 0.717) is 11.8 Å². The quantitative estimate of drug-likeness (QED) is 0.761. The third kappa shape index (κ3) is 1.26. The Kier molecular flexibility index (Phi) is 2.17. The van der Waals surface area contributed by atoms with E-state index in [1.54, 1.807) is 0 Å². The highest BCUT2D eigenvalue weighted by atomic mass is 16.5. The maximum absolute atomic E-state index is 11.2. The molecule has 7 atom stereocenters. The van der Waals surface area contributed by atoms with E-state index in [4.69, 9.17) is 4.74 Å². The molecule has 1 heterocycles. The van der Waals surface area contributed by atoms with Crippen LogP contribution >= 0.6 is 0 Å². The lowest BCUT2D eigenvalue weighted by Gasteiger charge is -2.43. The van der Waals surface area contributed by atoms with Crippen LogP contribution in [-0.4, -0.2) is 22.4 Å². The normalized spacial score (nSPS) is 60.9. The largest absolute Gasteiger partial charge is 0.387 e. The second kappa shape index (κ2) is 3.40. The third-order valence-corrected chi connectivity index (χ3v) is 6.25. The van der Waals surface area contributed by atoms with Gasteiger partial charge in [0.2, 0.25) is 0 Å². The SMILES string of the molecule is C=CC[C@@H]1C[C@]2(O)CC(C)O[C@@]23C[C@H]2C[C@H]2C[C@H]13. The van der Waals surface area contributed by atoms with Crippen molar-refractivity contribution in [2.24, 2.45) is 23.7 Å². The van der Waals surface area contributed by atoms with Gasteiger partial charge in [-0.2, -0.15) is 0 Å². The smallest absolute Gasteiger partial charge is 0.101 e. The van der Waals surface area contributed by atoms with E-state index in [-0.39, 0.29) is 11.7 Å². The lowest BCUT2D eigenvalue weighted by Crippen LogP contribution is -2.52. The summed E-state index contributed by atoms with van der Waals surface area (Å²) in [6, 6.07) is 0. The van der Waals surface area contributed by atoms with Crippen molar-refractivity contribution in [3.63, 3.8) is 0 Å². The Morgan fingerprint density at radius 3 is 2.89 bits per heavy atom. The first-order valence-electron chi connectivity index (χ1n) is 7.59. The average Bonchev–Trinajstić information content (AvgIpc) is 2.93. The van der Waals surface area contributed by atoms with Crippen LogP contribution in [0.3, 0.4) is 0 Å². The minimum atomic E-state index is -0.543. The van der Waals surface area contributed by atoms with E-state index in [0.717, 1.165) is 37.5 Å². The van der Waals surface area contributed by atoms with Gasteiger partial charge in [-0.3, -0.25) is 0 Å². The average molecular weight is 248 g/mol. The Morgan fingerprint density at radius 2 is 2.11 bits per heavy atom. The Balaban J connectivity index is 1.73. The summed E-state index contributed by atoms with van der Waals surface area (Å²) in [6.07, 6.45) is 8.89. The van der Waals surface area contributed by atoms with Crippen LogP contribution in [0.5, 0.6) is 0 Å². The monoisotopic (exact) mass is 248 g/mol. The van der Waals surface area contributed by atoms with Gasteiger partial charge in [0, 0.05) is 6.42 Å². The standard InChI is InChI=1S/C16H24O2/c1-3-4-11-8-15(17)7-10(2)18-16(15)9-13-5-12(13)6-14(11)16/h3,10-14,17H,1,4-9H2,2H3/t10?,11-,12+,13-,14-,15-,16-/m1/s1. The summed E-state index contributed by atoms with van der Waals surface area (Å²) in [6.45, 7) is 6.03. The van der Waals surface area contributed by atoms with Crippen LogP contribution in [-0.2, 0) is 4.74 Å². The van der Waals surface area contributed by atoms with Crippen LogP contribution in [0.1, 0.15) is 45.4 Å². The summed E-state index contributed by atoms with van der Waals surface area (Å²) in [5.41, 5.74) is -0.740. The first kappa shape index (κ1) is 11.5. The number of ether oxygens (including phenoxy) is 1. The van der Waals surface area contributed by atoms with E-state index < -0.39 is 5.60 Å². The van der Waals surface area contributed by atoms with Crippen molar-refractivity contribution in [3.8, 4) is 0 Å². The number of hydrogen-bond acceptors (Lipinski definition) is 2. The highest BCUT2D eigenvalue weighted by Gasteiger charge is 2.72. The zero-order valence-electron chi connectivity index (χ0n) is 11.3. The highest BCUT2D eigenvalue weighted by molar-refractivity contribution is 5.22. The van der Waals surface area contributed by atoms with Crippen LogP contribution in [0.2, 0.25) is 0 Å². The van der Waals surface area contributed by atoms with Gasteiger partial charge in [0.1, 0.15) is 5.60 Å². The predicted molar refractivity (Wildman–Crippen MR) is 70.1 cm³/mol. The molecule has 4 aliphatic rings. The van der Waals surface area contributed by atoms with E-state index in [2.05, 4.69) is 13.5 Å². The van der Waals surface area contributed by atoms with Crippen LogP contribution in [0, 0.1) is 23.7 Å². The number of fused-ring (bicyclic) bond motifs is 1. The molecule has 0 aromatic carbocycles. The molecule has 1 N–H and O–H groups in total. The van der Waals surface area contributed by atoms with Crippen molar-refractivity contribution in [2.75, 3.05) is 0 Å². The summed E-state index contributed by atoms with van der Waals surface area (Å²) >= 11 is 0. The molecule has 0 radical (unpaired) electrons. The van der Waals surface area contributed by atoms with Crippen LogP contribution in [0.25, 0.3) is 0 Å². The van der Waals surface area contributed by atoms with Gasteiger partial charge >= 0.3 is 0 Å². The fraction of sp³-hybridized carbons (Fsp3) is 0.875. The molecule has 4 rings (SSSR count). The molecule has 4 fully saturated rings. The Hall–Kier alpha value is -0.340. The molecule has 18 heavy (non-hydrogen) atoms. The highest BCUT2D eigenvalue weighted by Crippen LogP contribution is 2.68. The molecular weight excluding hydrogens is 224 g/mol. The van der Waals surface area contributed by atoms with Crippen LogP contribution in [0.4, 0.5) is 0 Å². The minimum Gasteiger partial charge on any atom is -0.387 e. The first-order chi connectivity index (χ1) is 8.58. The molecule has 3 saturated carbocycles. The van der Waals surface area contributed by atoms with Gasteiger partial charge in [0.05, 0.1) is 11.7 Å². The van der Waals surface area contributed by atoms with Crippen molar-refractivity contribution >= 4 is 0 Å². The van der Waals surface area contributed by atoms with Gasteiger partial charge in [0.15, 0.2) is 0 Å². The first-order valence-corrected chi connectivity index (χ1v) is 7.59. The van der Waals surface area contributed by atoms with Crippen LogP contribution < -0.4 is 0 Å². The van der Waals surface area contributed by atoms with Gasteiger partial charge in [-0.15, -0.1) is 6.58 Å². The molecule has 2 nitrogen and oxygen atoms in total. The third-order valence-electron chi connectivity index (χ3n) is 6.25. The summed E-state index contributed by atoms with van der Waals surface area (Å²) < 4.78 is 6.37. The van der Waals surface area contributed by atoms with E-state index in [9.17, 15) is 5.11 Å². The van der Waals surface area contributed by atoms with Gasteiger partial charge < -0.3 is 9.84 Å². The molecular formula is C16H24O2. The number of aliphatic hydroxyl groups is 1. The predicted octanol–water partition coefficient (Wildman–Crippen LogP) is 2.91. The van der Waals surface area contributed by atoms with Crippen molar-refractivity contribution in [1.82, 2.24) is 0 Å². The van der Waals surface area contributed by atoms with Crippen LogP contribution in [0.15, 0.2) is 12.7 Å². The Bertz CT molecular complexity index is 393. The summed E-state index contributed by atoms with van der Waals surface area (Å²) in [5, 5.41) is 11.2. The minimum absolute atomic E-state index is 0.197. The van der Waals surface area contributed by atoms with E-state index in [1.807, 2.05) is 6.08 Å². The topological polar surface area (TPSA) is 29.5 Å². The summed E-state index contributed by atoms with van der Waals surface area (Å²) in [7, 11) is 0. The van der Waals surface area contributed by atoms with Crippen molar-refractivity contribution in [3.05, 3.63) is 12.7 Å². The molecule has 2 heteroatoms. The molecule has 0 aromatic heterocycles.